The van der Waals surface area contributed by atoms with E-state index >= 15 is 0 Å². The highest BCUT2D eigenvalue weighted by atomic mass is 15.2. The minimum absolute atomic E-state index is 1.15. The first-order valence-electron chi connectivity index (χ1n) is 24.8. The molecule has 0 atom stereocenters. The van der Waals surface area contributed by atoms with Gasteiger partial charge >= 0.3 is 0 Å². The van der Waals surface area contributed by atoms with Crippen LogP contribution in [-0.4, -0.2) is 21.1 Å². The van der Waals surface area contributed by atoms with Gasteiger partial charge in [0.2, 0.25) is 0 Å². The van der Waals surface area contributed by atoms with Crippen LogP contribution in [-0.2, 0) is 0 Å². The number of para-hydroxylation sites is 6. The number of benzene rings is 10. The lowest BCUT2D eigenvalue weighted by molar-refractivity contribution is 1.20. The van der Waals surface area contributed by atoms with Crippen molar-refractivity contribution in [1.82, 2.24) is 0 Å². The average Bonchev–Trinajstić information content (AvgIpc) is 3.60. The van der Waals surface area contributed by atoms with E-state index in [1.807, 2.05) is 52.0 Å². The van der Waals surface area contributed by atoms with Crippen LogP contribution in [0.3, 0.4) is 0 Å². The molecule has 0 bridgehead atoms. The fourth-order valence-electron chi connectivity index (χ4n) is 8.54. The van der Waals surface area contributed by atoms with Gasteiger partial charge in [-0.1, -0.05) is 204 Å². The topological polar surface area (TPSA) is 13.0 Å². The molecule has 0 unspecified atom stereocenters. The molecular formula is C67H66N4. The number of rotatable bonds is 8. The summed E-state index contributed by atoms with van der Waals surface area (Å²) < 4.78 is 0. The highest BCUT2D eigenvalue weighted by molar-refractivity contribution is 6.03. The Labute approximate surface area is 424 Å². The van der Waals surface area contributed by atoms with Gasteiger partial charge in [-0.15, -0.1) is 0 Å². The molecule has 0 N–H and O–H groups in total. The molecule has 4 heteroatoms. The van der Waals surface area contributed by atoms with E-state index in [0.717, 1.165) is 17.1 Å². The molecule has 10 aromatic rings. The molecule has 10 aromatic carbocycles. The van der Waals surface area contributed by atoms with Gasteiger partial charge in [0.05, 0.1) is 11.4 Å². The molecule has 0 spiro atoms. The Bertz CT molecular complexity index is 2930. The van der Waals surface area contributed by atoms with Gasteiger partial charge in [-0.25, -0.2) is 0 Å². The van der Waals surface area contributed by atoms with Crippen LogP contribution < -0.4 is 19.6 Å². The Kier molecular flexibility index (Phi) is 18.2. The summed E-state index contributed by atoms with van der Waals surface area (Å²) in [4.78, 5) is 8.99. The van der Waals surface area contributed by atoms with Gasteiger partial charge in [-0.2, -0.15) is 0 Å². The monoisotopic (exact) mass is 927 g/mol. The number of hydrogen-bond acceptors (Lipinski definition) is 4. The second-order valence-corrected chi connectivity index (χ2v) is 16.4. The minimum atomic E-state index is 1.15. The van der Waals surface area contributed by atoms with E-state index in [1.54, 1.807) is 0 Å². The second-order valence-electron chi connectivity index (χ2n) is 16.4. The Morgan fingerprint density at radius 3 is 0.986 bits per heavy atom. The van der Waals surface area contributed by atoms with Crippen molar-refractivity contribution in [3.05, 3.63) is 273 Å². The molecular weight excluding hydrogens is 861 g/mol. The molecule has 0 saturated carbocycles. The maximum Gasteiger partial charge on any atom is 0.0542 e. The smallest absolute Gasteiger partial charge is 0.0542 e. The molecule has 4 nitrogen and oxygen atoms in total. The molecule has 0 fully saturated rings. The SMILES string of the molecule is CC.CC.CN(c1ccc(-c2ccccc2)cc1)c1ccc2c(c1)-c1ccccc1-c1ccccc1N2c1ccccc1.CN(c1ccccc1)c1ccccc1.CN(c1ccccc1)c1ccccc1. The molecule has 1 aliphatic heterocycles. The van der Waals surface area contributed by atoms with Crippen molar-refractivity contribution in [2.24, 2.45) is 0 Å². The van der Waals surface area contributed by atoms with Gasteiger partial charge in [0.15, 0.2) is 0 Å². The van der Waals surface area contributed by atoms with E-state index in [9.17, 15) is 0 Å². The third-order valence-corrected chi connectivity index (χ3v) is 12.2. The molecule has 0 saturated heterocycles. The summed E-state index contributed by atoms with van der Waals surface area (Å²) in [6, 6.07) is 95.7. The average molecular weight is 927 g/mol. The Hall–Kier alpha value is -8.60. The Morgan fingerprint density at radius 2 is 0.535 bits per heavy atom. The van der Waals surface area contributed by atoms with E-state index in [4.69, 9.17) is 0 Å². The quantitative estimate of drug-likeness (QED) is 0.151. The zero-order chi connectivity index (χ0) is 49.8. The van der Waals surface area contributed by atoms with Gasteiger partial charge in [0.25, 0.3) is 0 Å². The second kappa shape index (κ2) is 25.7. The molecule has 0 amide bonds. The number of anilines is 9. The summed E-state index contributed by atoms with van der Waals surface area (Å²) >= 11 is 0. The molecule has 0 aromatic heterocycles. The van der Waals surface area contributed by atoms with Gasteiger partial charge in [-0.05, 0) is 119 Å². The van der Waals surface area contributed by atoms with Crippen molar-refractivity contribution in [3.8, 4) is 33.4 Å². The van der Waals surface area contributed by atoms with Crippen LogP contribution in [0.4, 0.5) is 51.2 Å². The van der Waals surface area contributed by atoms with Crippen LogP contribution in [0, 0.1) is 0 Å². The number of nitrogens with zero attached hydrogens (tertiary/aromatic N) is 4. The highest BCUT2D eigenvalue weighted by Crippen LogP contribution is 2.51. The predicted octanol–water partition coefficient (Wildman–Crippen LogP) is 19.2. The summed E-state index contributed by atoms with van der Waals surface area (Å²) in [6.45, 7) is 8.00. The summed E-state index contributed by atoms with van der Waals surface area (Å²) in [5.41, 5.74) is 18.0. The van der Waals surface area contributed by atoms with Crippen LogP contribution in [0.5, 0.6) is 0 Å². The fourth-order valence-corrected chi connectivity index (χ4v) is 8.54. The van der Waals surface area contributed by atoms with E-state index in [2.05, 4.69) is 289 Å². The maximum absolute atomic E-state index is 2.39. The molecule has 71 heavy (non-hydrogen) atoms. The first-order valence-corrected chi connectivity index (χ1v) is 24.8. The third-order valence-electron chi connectivity index (χ3n) is 12.2. The van der Waals surface area contributed by atoms with E-state index in [0.29, 0.717) is 0 Å². The van der Waals surface area contributed by atoms with Crippen LogP contribution in [0.2, 0.25) is 0 Å². The molecule has 1 aliphatic rings. The van der Waals surface area contributed by atoms with Gasteiger partial charge in [0.1, 0.15) is 0 Å². The van der Waals surface area contributed by atoms with Crippen LogP contribution in [0.15, 0.2) is 273 Å². The summed E-state index contributed by atoms with van der Waals surface area (Å²) in [7, 11) is 6.29. The first-order chi connectivity index (χ1) is 35.0. The Morgan fingerprint density at radius 1 is 0.239 bits per heavy atom. The summed E-state index contributed by atoms with van der Waals surface area (Å²) in [5, 5.41) is 0. The van der Waals surface area contributed by atoms with Crippen molar-refractivity contribution in [2.45, 2.75) is 27.7 Å². The standard InChI is InChI=1S/C37H28N2.2C13H13N.2C2H6/c1-38(29-22-20-28(21-23-29)27-12-4-2-5-13-27)31-24-25-37-35(26-31)33-17-9-8-16-32(33)34-18-10-11-19-36(34)39(37)30-14-6-3-7-15-30;2*1-14(12-8-4-2-5-9-12)13-10-6-3-7-11-13;2*1-2/h2-26H,1H3;2*2-11H,1H3;2*1-2H3. The van der Waals surface area contributed by atoms with Gasteiger partial charge in [-0.3, -0.25) is 0 Å². The third kappa shape index (κ3) is 12.4. The van der Waals surface area contributed by atoms with Crippen molar-refractivity contribution in [1.29, 1.82) is 0 Å². The molecule has 354 valence electrons. The lowest BCUT2D eigenvalue weighted by Gasteiger charge is -2.28. The van der Waals surface area contributed by atoms with Crippen molar-refractivity contribution >= 4 is 51.2 Å². The largest absolute Gasteiger partial charge is 0.345 e. The highest BCUT2D eigenvalue weighted by Gasteiger charge is 2.26. The Balaban J connectivity index is 0.000000189. The van der Waals surface area contributed by atoms with Gasteiger partial charge in [0, 0.05) is 72.1 Å². The fraction of sp³-hybridized carbons (Fsp3) is 0.104. The van der Waals surface area contributed by atoms with Crippen LogP contribution in [0.25, 0.3) is 33.4 Å². The van der Waals surface area contributed by atoms with Crippen molar-refractivity contribution in [3.63, 3.8) is 0 Å². The van der Waals surface area contributed by atoms with E-state index in [-0.39, 0.29) is 0 Å². The zero-order valence-corrected chi connectivity index (χ0v) is 42.3. The minimum Gasteiger partial charge on any atom is -0.345 e. The molecule has 1 heterocycles. The van der Waals surface area contributed by atoms with Gasteiger partial charge < -0.3 is 19.6 Å². The maximum atomic E-state index is 2.39. The number of hydrogen-bond donors (Lipinski definition) is 0. The summed E-state index contributed by atoms with van der Waals surface area (Å²) in [5.74, 6) is 0. The lowest BCUT2D eigenvalue weighted by Crippen LogP contribution is -2.12. The number of fused-ring (bicyclic) bond motifs is 5. The molecule has 0 radical (unpaired) electrons. The normalized spacial score (nSPS) is 10.4. The van der Waals surface area contributed by atoms with E-state index < -0.39 is 0 Å². The first kappa shape index (κ1) is 50.3. The van der Waals surface area contributed by atoms with Crippen LogP contribution in [0.1, 0.15) is 27.7 Å². The zero-order valence-electron chi connectivity index (χ0n) is 42.3. The van der Waals surface area contributed by atoms with E-state index in [1.165, 1.54) is 67.5 Å². The van der Waals surface area contributed by atoms with Crippen molar-refractivity contribution < 1.29 is 0 Å². The molecule has 11 rings (SSSR count). The molecule has 0 aliphatic carbocycles. The summed E-state index contributed by atoms with van der Waals surface area (Å²) in [6.07, 6.45) is 0. The van der Waals surface area contributed by atoms with Crippen LogP contribution >= 0.6 is 0 Å². The van der Waals surface area contributed by atoms with Crippen molar-refractivity contribution in [2.75, 3.05) is 40.7 Å². The lowest BCUT2D eigenvalue weighted by atomic mass is 9.94. The predicted molar refractivity (Wildman–Crippen MR) is 310 cm³/mol.